The van der Waals surface area contributed by atoms with Crippen LogP contribution >= 0.6 is 0 Å². The number of aromatic nitrogens is 1. The summed E-state index contributed by atoms with van der Waals surface area (Å²) in [6.45, 7) is 7.62. The van der Waals surface area contributed by atoms with Crippen LogP contribution in [0.1, 0.15) is 48.9 Å². The quantitative estimate of drug-likeness (QED) is 0.683. The molecule has 0 aliphatic carbocycles. The molecular weight excluding hydrogens is 329 g/mol. The highest BCUT2D eigenvalue weighted by Gasteiger charge is 2.29. The first-order valence-electron chi connectivity index (χ1n) is 9.19. The fourth-order valence-corrected chi connectivity index (χ4v) is 4.13. The zero-order valence-corrected chi connectivity index (χ0v) is 15.4. The lowest BCUT2D eigenvalue weighted by Crippen LogP contribution is -2.08. The van der Waals surface area contributed by atoms with Gasteiger partial charge in [-0.1, -0.05) is 13.8 Å². The highest BCUT2D eigenvalue weighted by Crippen LogP contribution is 2.42. The Balaban J connectivity index is 2.08. The number of fused-ring (bicyclic) bond motifs is 1. The summed E-state index contributed by atoms with van der Waals surface area (Å²) in [6, 6.07) is 10.8. The van der Waals surface area contributed by atoms with Crippen molar-refractivity contribution < 1.29 is 14.2 Å². The van der Waals surface area contributed by atoms with E-state index >= 15 is 0 Å². The predicted molar refractivity (Wildman–Crippen MR) is 102 cm³/mol. The van der Waals surface area contributed by atoms with E-state index in [-0.39, 0.29) is 17.5 Å². The van der Waals surface area contributed by atoms with Crippen LogP contribution in [0.25, 0.3) is 16.6 Å². The Hall–Kier alpha value is -2.33. The molecule has 1 fully saturated rings. The minimum Gasteiger partial charge on any atom is -0.508 e. The molecule has 0 saturated carbocycles. The van der Waals surface area contributed by atoms with Gasteiger partial charge in [-0.2, -0.15) is 0 Å². The minimum atomic E-state index is -0.196. The Morgan fingerprint density at radius 1 is 1.19 bits per heavy atom. The number of phenolic OH excluding ortho intramolecular Hbond substituents is 1. The number of aryl methyl sites for hydroxylation is 1. The molecule has 1 aromatic heterocycles. The zero-order chi connectivity index (χ0) is 18.4. The first kappa shape index (κ1) is 17.1. The van der Waals surface area contributed by atoms with E-state index in [0.29, 0.717) is 18.1 Å². The maximum absolute atomic E-state index is 13.8. The Morgan fingerprint density at radius 3 is 2.65 bits per heavy atom. The summed E-state index contributed by atoms with van der Waals surface area (Å²) >= 11 is 0. The molecule has 2 heterocycles. The first-order valence-corrected chi connectivity index (χ1v) is 9.19. The summed E-state index contributed by atoms with van der Waals surface area (Å²) in [5, 5.41) is 11.2. The fraction of sp³-hybridized carbons (Fsp3) is 0.364. The van der Waals surface area contributed by atoms with Crippen LogP contribution in [-0.2, 0) is 4.74 Å². The summed E-state index contributed by atoms with van der Waals surface area (Å²) in [7, 11) is 0. The monoisotopic (exact) mass is 353 g/mol. The van der Waals surface area contributed by atoms with Gasteiger partial charge in [0, 0.05) is 29.3 Å². The Labute approximate surface area is 153 Å². The second-order valence-corrected chi connectivity index (χ2v) is 7.48. The third-order valence-electron chi connectivity index (χ3n) is 5.31. The number of rotatable bonds is 3. The molecule has 1 saturated heterocycles. The van der Waals surface area contributed by atoms with Crippen LogP contribution in [0, 0.1) is 12.7 Å². The summed E-state index contributed by atoms with van der Waals surface area (Å²) in [4.78, 5) is 0. The molecule has 0 radical (unpaired) electrons. The molecule has 2 aromatic carbocycles. The number of hydrogen-bond acceptors (Lipinski definition) is 2. The molecule has 4 heteroatoms. The highest BCUT2D eigenvalue weighted by atomic mass is 19.1. The molecule has 1 unspecified atom stereocenters. The third-order valence-corrected chi connectivity index (χ3v) is 5.31. The van der Waals surface area contributed by atoms with Gasteiger partial charge in [0.15, 0.2) is 0 Å². The largest absolute Gasteiger partial charge is 0.508 e. The zero-order valence-electron chi connectivity index (χ0n) is 15.4. The first-order chi connectivity index (χ1) is 12.5. The van der Waals surface area contributed by atoms with Crippen molar-refractivity contribution in [1.82, 2.24) is 4.57 Å². The molecule has 4 rings (SSSR count). The molecule has 3 nitrogen and oxygen atoms in total. The van der Waals surface area contributed by atoms with Crippen molar-refractivity contribution in [3.05, 3.63) is 59.0 Å². The van der Waals surface area contributed by atoms with Gasteiger partial charge >= 0.3 is 0 Å². The van der Waals surface area contributed by atoms with Gasteiger partial charge in [0.1, 0.15) is 11.6 Å². The molecular formula is C22H24FNO2. The third kappa shape index (κ3) is 2.69. The van der Waals surface area contributed by atoms with Crippen molar-refractivity contribution in [3.8, 4) is 11.4 Å². The molecule has 3 aromatic rings. The summed E-state index contributed by atoms with van der Waals surface area (Å²) in [5.74, 6) is 0.670. The van der Waals surface area contributed by atoms with Crippen molar-refractivity contribution in [2.24, 2.45) is 0 Å². The van der Waals surface area contributed by atoms with E-state index < -0.39 is 0 Å². The minimum absolute atomic E-state index is 0.196. The van der Waals surface area contributed by atoms with Crippen molar-refractivity contribution in [1.29, 1.82) is 0 Å². The van der Waals surface area contributed by atoms with Gasteiger partial charge in [0.2, 0.25) is 0 Å². The van der Waals surface area contributed by atoms with Gasteiger partial charge < -0.3 is 14.4 Å². The van der Waals surface area contributed by atoms with Crippen molar-refractivity contribution >= 4 is 10.9 Å². The van der Waals surface area contributed by atoms with E-state index in [2.05, 4.69) is 18.4 Å². The Kier molecular flexibility index (Phi) is 4.23. The summed E-state index contributed by atoms with van der Waals surface area (Å²) in [6.07, 6.45) is 0.983. The maximum Gasteiger partial charge on any atom is 0.126 e. The fourth-order valence-electron chi connectivity index (χ4n) is 4.13. The molecule has 0 amide bonds. The summed E-state index contributed by atoms with van der Waals surface area (Å²) < 4.78 is 21.7. The van der Waals surface area contributed by atoms with Gasteiger partial charge in [0.25, 0.3) is 0 Å². The van der Waals surface area contributed by atoms with Crippen molar-refractivity contribution in [2.45, 2.75) is 39.0 Å². The molecule has 26 heavy (non-hydrogen) atoms. The number of benzene rings is 2. The van der Waals surface area contributed by atoms with Crippen LogP contribution < -0.4 is 0 Å². The van der Waals surface area contributed by atoms with E-state index in [1.54, 1.807) is 13.0 Å². The van der Waals surface area contributed by atoms with Crippen LogP contribution in [0.15, 0.2) is 36.4 Å². The Morgan fingerprint density at radius 2 is 2.00 bits per heavy atom. The molecule has 136 valence electrons. The smallest absolute Gasteiger partial charge is 0.126 e. The molecule has 1 atom stereocenters. The van der Waals surface area contributed by atoms with Gasteiger partial charge in [-0.05, 0) is 66.8 Å². The summed E-state index contributed by atoms with van der Waals surface area (Å²) in [5.41, 5.74) is 5.09. The van der Waals surface area contributed by atoms with Crippen LogP contribution in [0.4, 0.5) is 4.39 Å². The number of aromatic hydroxyl groups is 1. The normalized spacial score (nSPS) is 17.5. The van der Waals surface area contributed by atoms with Gasteiger partial charge in [0.05, 0.1) is 12.1 Å². The van der Waals surface area contributed by atoms with Gasteiger partial charge in [-0.15, -0.1) is 0 Å². The lowest BCUT2D eigenvalue weighted by Gasteiger charge is -2.18. The van der Waals surface area contributed by atoms with E-state index in [9.17, 15) is 9.50 Å². The van der Waals surface area contributed by atoms with E-state index in [1.165, 1.54) is 17.3 Å². The average Bonchev–Trinajstić information content (AvgIpc) is 3.22. The number of ether oxygens (including phenoxy) is 1. The number of phenols is 1. The Bertz CT molecular complexity index is 968. The predicted octanol–water partition coefficient (Wildman–Crippen LogP) is 5.41. The number of nitrogens with zero attached hydrogens (tertiary/aromatic N) is 1. The van der Waals surface area contributed by atoms with Crippen LogP contribution in [0.5, 0.6) is 5.75 Å². The lowest BCUT2D eigenvalue weighted by molar-refractivity contribution is 0.194. The molecule has 1 N–H and O–H groups in total. The van der Waals surface area contributed by atoms with Gasteiger partial charge in [-0.3, -0.25) is 0 Å². The van der Waals surface area contributed by atoms with Gasteiger partial charge in [-0.25, -0.2) is 4.39 Å². The topological polar surface area (TPSA) is 34.4 Å². The number of halogens is 1. The SMILES string of the molecule is Cc1cc(-n2c(C(C)C)c(C3CCOC3)c3cc(O)ccc32)ccc1F. The highest BCUT2D eigenvalue weighted by molar-refractivity contribution is 5.89. The lowest BCUT2D eigenvalue weighted by atomic mass is 9.91. The van der Waals surface area contributed by atoms with Crippen LogP contribution in [-0.4, -0.2) is 22.9 Å². The van der Waals surface area contributed by atoms with Crippen molar-refractivity contribution in [3.63, 3.8) is 0 Å². The molecule has 1 aliphatic heterocycles. The molecule has 0 bridgehead atoms. The average molecular weight is 353 g/mol. The van der Waals surface area contributed by atoms with E-state index in [1.807, 2.05) is 24.3 Å². The number of hydrogen-bond donors (Lipinski definition) is 1. The molecule has 0 spiro atoms. The van der Waals surface area contributed by atoms with Crippen molar-refractivity contribution in [2.75, 3.05) is 13.2 Å². The van der Waals surface area contributed by atoms with Crippen LogP contribution in [0.3, 0.4) is 0 Å². The molecule has 1 aliphatic rings. The second-order valence-electron chi connectivity index (χ2n) is 7.48. The standard InChI is InChI=1S/C22H24FNO2/c1-13(2)22-21(15-8-9-26-12-15)18-11-17(25)5-7-20(18)24(22)16-4-6-19(23)14(3)10-16/h4-7,10-11,13,15,25H,8-9,12H2,1-3H3. The maximum atomic E-state index is 13.8. The van der Waals surface area contributed by atoms with E-state index in [0.717, 1.165) is 29.6 Å². The second kappa shape index (κ2) is 6.44. The van der Waals surface area contributed by atoms with E-state index in [4.69, 9.17) is 4.74 Å². The van der Waals surface area contributed by atoms with Crippen LogP contribution in [0.2, 0.25) is 0 Å².